The predicted octanol–water partition coefficient (Wildman–Crippen LogP) is -0.770. The predicted molar refractivity (Wildman–Crippen MR) is 41.7 cm³/mol. The number of nitrogens with two attached hydrogens (primary N) is 1. The third-order valence-corrected chi connectivity index (χ3v) is 1.78. The monoisotopic (exact) mass is 142 g/mol. The average Bonchev–Trinajstić information content (AvgIpc) is 2.43. The van der Waals surface area contributed by atoms with Crippen LogP contribution in [-0.4, -0.2) is 25.5 Å². The second-order valence-electron chi connectivity index (χ2n) is 2.40. The Bertz CT molecular complexity index is 126. The highest BCUT2D eigenvalue weighted by Gasteiger charge is 2.18. The van der Waals surface area contributed by atoms with E-state index in [0.29, 0.717) is 6.04 Å². The molecule has 4 nitrogen and oxygen atoms in total. The van der Waals surface area contributed by atoms with E-state index in [0.717, 1.165) is 18.8 Å². The summed E-state index contributed by atoms with van der Waals surface area (Å²) in [5.41, 5.74) is 2.58. The maximum absolute atomic E-state index is 5.24. The van der Waals surface area contributed by atoms with Crippen LogP contribution >= 0.6 is 0 Å². The molecule has 1 aliphatic heterocycles. The number of amidine groups is 1. The third-order valence-electron chi connectivity index (χ3n) is 1.78. The van der Waals surface area contributed by atoms with Gasteiger partial charge in [-0.1, -0.05) is 0 Å². The molecule has 0 aromatic heterocycles. The van der Waals surface area contributed by atoms with Crippen molar-refractivity contribution in [2.45, 2.75) is 18.9 Å². The van der Waals surface area contributed by atoms with Crippen molar-refractivity contribution in [2.24, 2.45) is 10.8 Å². The van der Waals surface area contributed by atoms with Gasteiger partial charge in [-0.15, -0.1) is 0 Å². The first-order valence-corrected chi connectivity index (χ1v) is 3.55. The number of nitrogens with one attached hydrogen (secondary N) is 2. The van der Waals surface area contributed by atoms with Gasteiger partial charge in [-0.2, -0.15) is 0 Å². The summed E-state index contributed by atoms with van der Waals surface area (Å²) in [5, 5.41) is 3.29. The zero-order valence-corrected chi connectivity index (χ0v) is 6.22. The summed E-state index contributed by atoms with van der Waals surface area (Å²) in [6.45, 7) is 1.07. The van der Waals surface area contributed by atoms with Crippen molar-refractivity contribution in [3.05, 3.63) is 0 Å². The molecule has 1 saturated heterocycles. The molecule has 1 heterocycles. The first kappa shape index (κ1) is 7.50. The molecule has 0 aliphatic carbocycles. The number of aliphatic imine (C=N–C) groups is 1. The first-order chi connectivity index (χ1) is 4.88. The summed E-state index contributed by atoms with van der Waals surface area (Å²) in [7, 11) is 1.75. The quantitative estimate of drug-likeness (QED) is 0.195. The van der Waals surface area contributed by atoms with Crippen molar-refractivity contribution in [1.82, 2.24) is 10.7 Å². The van der Waals surface area contributed by atoms with Crippen LogP contribution in [0.1, 0.15) is 12.8 Å². The van der Waals surface area contributed by atoms with Gasteiger partial charge in [0, 0.05) is 7.05 Å². The van der Waals surface area contributed by atoms with E-state index in [1.54, 1.807) is 7.05 Å². The molecule has 4 heteroatoms. The van der Waals surface area contributed by atoms with Crippen LogP contribution in [-0.2, 0) is 0 Å². The van der Waals surface area contributed by atoms with E-state index in [-0.39, 0.29) is 0 Å². The molecule has 0 amide bonds. The van der Waals surface area contributed by atoms with E-state index in [1.165, 1.54) is 6.42 Å². The molecule has 58 valence electrons. The van der Waals surface area contributed by atoms with Crippen LogP contribution < -0.4 is 16.6 Å². The van der Waals surface area contributed by atoms with Gasteiger partial charge in [-0.3, -0.25) is 4.99 Å². The van der Waals surface area contributed by atoms with E-state index >= 15 is 0 Å². The second kappa shape index (κ2) is 3.53. The van der Waals surface area contributed by atoms with Gasteiger partial charge in [0.15, 0.2) is 0 Å². The van der Waals surface area contributed by atoms with Crippen molar-refractivity contribution < 1.29 is 0 Å². The summed E-state index contributed by atoms with van der Waals surface area (Å²) in [5.74, 6) is 6.10. The highest BCUT2D eigenvalue weighted by molar-refractivity contribution is 5.87. The normalized spacial score (nSPS) is 27.0. The Morgan fingerprint density at radius 1 is 1.80 bits per heavy atom. The van der Waals surface area contributed by atoms with E-state index in [1.807, 2.05) is 0 Å². The van der Waals surface area contributed by atoms with Gasteiger partial charge in [0.1, 0.15) is 5.84 Å². The summed E-state index contributed by atoms with van der Waals surface area (Å²) >= 11 is 0. The maximum atomic E-state index is 5.24. The summed E-state index contributed by atoms with van der Waals surface area (Å²) in [6.07, 6.45) is 2.35. The lowest BCUT2D eigenvalue weighted by atomic mass is 10.2. The van der Waals surface area contributed by atoms with Crippen LogP contribution in [0.15, 0.2) is 4.99 Å². The molecule has 4 N–H and O–H groups in total. The lowest BCUT2D eigenvalue weighted by molar-refractivity contribution is 0.729. The Morgan fingerprint density at radius 3 is 3.00 bits per heavy atom. The van der Waals surface area contributed by atoms with Gasteiger partial charge in [0.2, 0.25) is 0 Å². The first-order valence-electron chi connectivity index (χ1n) is 3.55. The molecular formula is C6H14N4. The Kier molecular flexibility index (Phi) is 2.65. The van der Waals surface area contributed by atoms with Gasteiger partial charge in [-0.05, 0) is 19.4 Å². The minimum Gasteiger partial charge on any atom is -0.311 e. The highest BCUT2D eigenvalue weighted by Crippen LogP contribution is 2.04. The van der Waals surface area contributed by atoms with Crippen LogP contribution in [0.25, 0.3) is 0 Å². The Hall–Kier alpha value is -0.610. The van der Waals surface area contributed by atoms with Crippen molar-refractivity contribution in [3.8, 4) is 0 Å². The van der Waals surface area contributed by atoms with Gasteiger partial charge in [0.25, 0.3) is 0 Å². The van der Waals surface area contributed by atoms with Crippen LogP contribution in [0.2, 0.25) is 0 Å². The minimum atomic E-state index is 0.356. The maximum Gasteiger partial charge on any atom is 0.127 e. The van der Waals surface area contributed by atoms with Crippen LogP contribution in [0, 0.1) is 0 Å². The molecule has 10 heavy (non-hydrogen) atoms. The zero-order chi connectivity index (χ0) is 7.40. The van der Waals surface area contributed by atoms with Crippen molar-refractivity contribution in [3.63, 3.8) is 0 Å². The standard InChI is InChI=1S/C6H14N4/c1-8-6(10-7)5-3-2-4-9-5/h5,9H,2-4,7H2,1H3,(H,8,10)/t5-/m0/s1. The summed E-state index contributed by atoms with van der Waals surface area (Å²) < 4.78 is 0. The Balaban J connectivity index is 2.45. The highest BCUT2D eigenvalue weighted by atomic mass is 15.3. The zero-order valence-electron chi connectivity index (χ0n) is 6.22. The van der Waals surface area contributed by atoms with Crippen LogP contribution in [0.5, 0.6) is 0 Å². The van der Waals surface area contributed by atoms with Crippen molar-refractivity contribution in [2.75, 3.05) is 13.6 Å². The van der Waals surface area contributed by atoms with E-state index in [4.69, 9.17) is 5.84 Å². The summed E-state index contributed by atoms with van der Waals surface area (Å²) in [6, 6.07) is 0.356. The molecule has 1 aliphatic rings. The SMILES string of the molecule is CN=C(NN)[C@@H]1CCCN1. The summed E-state index contributed by atoms with van der Waals surface area (Å²) in [4.78, 5) is 4.01. The van der Waals surface area contributed by atoms with Gasteiger partial charge in [-0.25, -0.2) is 5.84 Å². The van der Waals surface area contributed by atoms with Crippen LogP contribution in [0.3, 0.4) is 0 Å². The number of rotatable bonds is 1. The lowest BCUT2D eigenvalue weighted by Crippen LogP contribution is -2.43. The second-order valence-corrected chi connectivity index (χ2v) is 2.40. The fraction of sp³-hybridized carbons (Fsp3) is 0.833. The van der Waals surface area contributed by atoms with Gasteiger partial charge < -0.3 is 10.7 Å². The number of hydrogen-bond donors (Lipinski definition) is 3. The minimum absolute atomic E-state index is 0.356. The fourth-order valence-corrected chi connectivity index (χ4v) is 1.24. The average molecular weight is 142 g/mol. The molecule has 0 aromatic carbocycles. The molecule has 0 radical (unpaired) electrons. The molecule has 0 spiro atoms. The third kappa shape index (κ3) is 1.46. The van der Waals surface area contributed by atoms with E-state index < -0.39 is 0 Å². The van der Waals surface area contributed by atoms with E-state index in [9.17, 15) is 0 Å². The Morgan fingerprint density at radius 2 is 2.60 bits per heavy atom. The molecule has 1 atom stereocenters. The van der Waals surface area contributed by atoms with Crippen molar-refractivity contribution in [1.29, 1.82) is 0 Å². The fourth-order valence-electron chi connectivity index (χ4n) is 1.24. The molecule has 0 bridgehead atoms. The molecule has 0 unspecified atom stereocenters. The topological polar surface area (TPSA) is 62.4 Å². The van der Waals surface area contributed by atoms with Gasteiger partial charge in [0.05, 0.1) is 6.04 Å². The molecule has 0 saturated carbocycles. The smallest absolute Gasteiger partial charge is 0.127 e. The molecule has 1 fully saturated rings. The van der Waals surface area contributed by atoms with Crippen molar-refractivity contribution >= 4 is 5.84 Å². The molecule has 0 aromatic rings. The number of hydrazine groups is 1. The van der Waals surface area contributed by atoms with Crippen LogP contribution in [0.4, 0.5) is 0 Å². The number of hydrogen-bond acceptors (Lipinski definition) is 3. The molecule has 1 rings (SSSR count). The number of nitrogens with zero attached hydrogens (tertiary/aromatic N) is 1. The lowest BCUT2D eigenvalue weighted by Gasteiger charge is -2.11. The van der Waals surface area contributed by atoms with E-state index in [2.05, 4.69) is 15.7 Å². The molecular weight excluding hydrogens is 128 g/mol. The van der Waals surface area contributed by atoms with Gasteiger partial charge >= 0.3 is 0 Å². The largest absolute Gasteiger partial charge is 0.311 e. The Labute approximate surface area is 60.9 Å².